The number of ether oxygens (including phenoxy) is 2. The van der Waals surface area contributed by atoms with E-state index >= 15 is 0 Å². The van der Waals surface area contributed by atoms with Gasteiger partial charge in [-0.05, 0) is 48.4 Å². The summed E-state index contributed by atoms with van der Waals surface area (Å²) in [5.41, 5.74) is -0.516. The van der Waals surface area contributed by atoms with Crippen LogP contribution in [-0.2, 0) is 5.60 Å². The van der Waals surface area contributed by atoms with Crippen molar-refractivity contribution in [2.45, 2.75) is 18.4 Å². The van der Waals surface area contributed by atoms with Gasteiger partial charge in [0.05, 0.1) is 20.8 Å². The molecule has 5 nitrogen and oxygen atoms in total. The lowest BCUT2D eigenvalue weighted by atomic mass is 9.95. The summed E-state index contributed by atoms with van der Waals surface area (Å²) in [6, 6.07) is 8.85. The maximum atomic E-state index is 12.5. The van der Waals surface area contributed by atoms with Crippen molar-refractivity contribution in [3.8, 4) is 11.5 Å². The zero-order chi connectivity index (χ0) is 17.2. The van der Waals surface area contributed by atoms with Crippen molar-refractivity contribution in [2.75, 3.05) is 20.8 Å². The summed E-state index contributed by atoms with van der Waals surface area (Å²) in [5, 5.41) is 15.8. The molecule has 1 unspecified atom stereocenters. The first-order chi connectivity index (χ1) is 11.6. The summed E-state index contributed by atoms with van der Waals surface area (Å²) in [6.07, 6.45) is 1.97. The van der Waals surface area contributed by atoms with E-state index in [0.717, 1.165) is 17.7 Å². The molecule has 0 saturated heterocycles. The van der Waals surface area contributed by atoms with Gasteiger partial charge in [-0.25, -0.2) is 0 Å². The highest BCUT2D eigenvalue weighted by atomic mass is 32.1. The Balaban J connectivity index is 1.73. The number of benzene rings is 1. The molecule has 1 fully saturated rings. The number of hydrogen-bond acceptors (Lipinski definition) is 5. The molecule has 0 radical (unpaired) electrons. The van der Waals surface area contributed by atoms with Crippen molar-refractivity contribution in [1.82, 2.24) is 5.32 Å². The molecule has 2 aromatic rings. The minimum absolute atomic E-state index is 0.200. The number of rotatable bonds is 7. The number of amides is 1. The van der Waals surface area contributed by atoms with Crippen LogP contribution >= 0.6 is 11.3 Å². The zero-order valence-electron chi connectivity index (χ0n) is 13.7. The summed E-state index contributed by atoms with van der Waals surface area (Å²) in [4.78, 5) is 13.4. The topological polar surface area (TPSA) is 67.8 Å². The molecule has 1 saturated carbocycles. The van der Waals surface area contributed by atoms with Gasteiger partial charge in [0, 0.05) is 10.4 Å². The van der Waals surface area contributed by atoms with Gasteiger partial charge in [0.25, 0.3) is 5.91 Å². The molecule has 0 spiro atoms. The Hall–Kier alpha value is -2.05. The average Bonchev–Trinajstić information content (AvgIpc) is 3.33. The fraction of sp³-hybridized carbons (Fsp3) is 0.389. The van der Waals surface area contributed by atoms with E-state index in [1.165, 1.54) is 18.4 Å². The van der Waals surface area contributed by atoms with Gasteiger partial charge >= 0.3 is 0 Å². The normalized spacial score (nSPS) is 16.3. The van der Waals surface area contributed by atoms with Gasteiger partial charge in [-0.2, -0.15) is 0 Å². The fourth-order valence-electron chi connectivity index (χ4n) is 2.81. The molecule has 1 aliphatic carbocycles. The van der Waals surface area contributed by atoms with E-state index in [-0.39, 0.29) is 18.4 Å². The van der Waals surface area contributed by atoms with Crippen molar-refractivity contribution < 1.29 is 19.4 Å². The molecule has 1 amide bonds. The van der Waals surface area contributed by atoms with Crippen molar-refractivity contribution in [3.05, 3.63) is 46.2 Å². The minimum Gasteiger partial charge on any atom is -0.493 e. The first-order valence-electron chi connectivity index (χ1n) is 7.85. The molecule has 128 valence electrons. The average molecular weight is 347 g/mol. The Bertz CT molecular complexity index is 712. The Morgan fingerprint density at radius 1 is 1.29 bits per heavy atom. The van der Waals surface area contributed by atoms with Crippen LogP contribution in [0.2, 0.25) is 0 Å². The van der Waals surface area contributed by atoms with Gasteiger partial charge in [-0.15, -0.1) is 11.3 Å². The number of hydrogen-bond donors (Lipinski definition) is 2. The zero-order valence-corrected chi connectivity index (χ0v) is 14.6. The molecule has 1 atom stereocenters. The molecule has 6 heteroatoms. The number of carbonyl (C=O) groups is 1. The number of thiophene rings is 1. The third kappa shape index (κ3) is 3.25. The van der Waals surface area contributed by atoms with Gasteiger partial charge in [0.2, 0.25) is 0 Å². The summed E-state index contributed by atoms with van der Waals surface area (Å²) in [6.45, 7) is 0.200. The van der Waals surface area contributed by atoms with E-state index < -0.39 is 5.60 Å². The second kappa shape index (κ2) is 6.83. The molecular weight excluding hydrogens is 326 g/mol. The molecule has 0 aliphatic heterocycles. The van der Waals surface area contributed by atoms with Gasteiger partial charge in [0.1, 0.15) is 5.60 Å². The van der Waals surface area contributed by atoms with E-state index in [4.69, 9.17) is 9.47 Å². The maximum Gasteiger partial charge on any atom is 0.251 e. The van der Waals surface area contributed by atoms with Crippen LogP contribution in [-0.4, -0.2) is 31.8 Å². The third-order valence-corrected chi connectivity index (χ3v) is 5.40. The Morgan fingerprint density at radius 3 is 2.62 bits per heavy atom. The monoisotopic (exact) mass is 347 g/mol. The van der Waals surface area contributed by atoms with Gasteiger partial charge in [-0.3, -0.25) is 4.79 Å². The van der Waals surface area contributed by atoms with Crippen LogP contribution in [0, 0.1) is 5.92 Å². The van der Waals surface area contributed by atoms with Crippen LogP contribution in [0.3, 0.4) is 0 Å². The molecule has 1 heterocycles. The van der Waals surface area contributed by atoms with Crippen LogP contribution in [0.5, 0.6) is 11.5 Å². The van der Waals surface area contributed by atoms with Gasteiger partial charge < -0.3 is 19.9 Å². The van der Waals surface area contributed by atoms with Crippen LogP contribution < -0.4 is 14.8 Å². The highest BCUT2D eigenvalue weighted by Gasteiger charge is 2.46. The largest absolute Gasteiger partial charge is 0.493 e. The van der Waals surface area contributed by atoms with Crippen LogP contribution in [0.15, 0.2) is 35.7 Å². The summed E-state index contributed by atoms with van der Waals surface area (Å²) in [7, 11) is 3.08. The first-order valence-corrected chi connectivity index (χ1v) is 8.73. The van der Waals surface area contributed by atoms with Crippen molar-refractivity contribution >= 4 is 17.2 Å². The van der Waals surface area contributed by atoms with Gasteiger partial charge in [0.15, 0.2) is 11.5 Å². The van der Waals surface area contributed by atoms with E-state index in [1.807, 2.05) is 17.5 Å². The van der Waals surface area contributed by atoms with Crippen LogP contribution in [0.1, 0.15) is 28.1 Å². The summed E-state index contributed by atoms with van der Waals surface area (Å²) < 4.78 is 10.4. The molecule has 24 heavy (non-hydrogen) atoms. The predicted molar refractivity (Wildman–Crippen MR) is 92.8 cm³/mol. The Morgan fingerprint density at radius 2 is 2.04 bits per heavy atom. The molecule has 2 N–H and O–H groups in total. The van der Waals surface area contributed by atoms with Crippen LogP contribution in [0.25, 0.3) is 0 Å². The second-order valence-electron chi connectivity index (χ2n) is 5.93. The Labute approximate surface area is 145 Å². The molecule has 1 aliphatic rings. The number of aliphatic hydroxyl groups is 1. The maximum absolute atomic E-state index is 12.5. The standard InChI is InChI=1S/C18H21NO4S/c1-22-14-8-5-12(10-15(14)23-2)17(20)19-11-18(21,13-6-7-13)16-4-3-9-24-16/h3-5,8-10,13,21H,6-7,11H2,1-2H3,(H,19,20). The Kier molecular flexibility index (Phi) is 4.78. The second-order valence-corrected chi connectivity index (χ2v) is 6.88. The number of carbonyl (C=O) groups excluding carboxylic acids is 1. The number of nitrogens with one attached hydrogen (secondary N) is 1. The van der Waals surface area contributed by atoms with Crippen molar-refractivity contribution in [3.63, 3.8) is 0 Å². The van der Waals surface area contributed by atoms with E-state index in [0.29, 0.717) is 17.1 Å². The van der Waals surface area contributed by atoms with Gasteiger partial charge in [-0.1, -0.05) is 6.07 Å². The summed E-state index contributed by atoms with van der Waals surface area (Å²) >= 11 is 1.52. The lowest BCUT2D eigenvalue weighted by Crippen LogP contribution is -2.42. The quantitative estimate of drug-likeness (QED) is 0.808. The fourth-order valence-corrected chi connectivity index (χ4v) is 3.72. The molecule has 1 aromatic heterocycles. The first kappa shape index (κ1) is 16.8. The number of methoxy groups -OCH3 is 2. The lowest BCUT2D eigenvalue weighted by Gasteiger charge is -2.27. The highest BCUT2D eigenvalue weighted by Crippen LogP contribution is 2.46. The van der Waals surface area contributed by atoms with E-state index in [2.05, 4.69) is 5.32 Å². The lowest BCUT2D eigenvalue weighted by molar-refractivity contribution is 0.0169. The molecular formula is C18H21NO4S. The highest BCUT2D eigenvalue weighted by molar-refractivity contribution is 7.10. The molecule has 0 bridgehead atoms. The third-order valence-electron chi connectivity index (χ3n) is 4.36. The SMILES string of the molecule is COc1ccc(C(=O)NCC(O)(c2cccs2)C2CC2)cc1OC. The van der Waals surface area contributed by atoms with Crippen LogP contribution in [0.4, 0.5) is 0 Å². The van der Waals surface area contributed by atoms with Crippen molar-refractivity contribution in [2.24, 2.45) is 5.92 Å². The molecule has 1 aromatic carbocycles. The van der Waals surface area contributed by atoms with Crippen molar-refractivity contribution in [1.29, 1.82) is 0 Å². The minimum atomic E-state index is -0.986. The summed E-state index contributed by atoms with van der Waals surface area (Å²) in [5.74, 6) is 1.04. The predicted octanol–water partition coefficient (Wildman–Crippen LogP) is 2.79. The van der Waals surface area contributed by atoms with E-state index in [9.17, 15) is 9.90 Å². The smallest absolute Gasteiger partial charge is 0.251 e. The molecule has 3 rings (SSSR count). The van der Waals surface area contributed by atoms with E-state index in [1.54, 1.807) is 25.3 Å².